The minimum Gasteiger partial charge on any atom is -0.334 e. The molecule has 0 N–H and O–H groups in total. The maximum absolute atomic E-state index is 13.2. The lowest BCUT2D eigenvalue weighted by Gasteiger charge is -2.01. The third-order valence-electron chi connectivity index (χ3n) is 1.86. The van der Waals surface area contributed by atoms with E-state index in [0.29, 0.717) is 6.07 Å². The minimum atomic E-state index is -1.91. The Hall–Kier alpha value is -1.92. The van der Waals surface area contributed by atoms with Crippen LogP contribution in [0.2, 0.25) is 0 Å². The third kappa shape index (κ3) is 1.54. The molecule has 0 spiro atoms. The fourth-order valence-corrected chi connectivity index (χ4v) is 1.13. The van der Waals surface area contributed by atoms with Gasteiger partial charge in [0.2, 0.25) is 0 Å². The van der Waals surface area contributed by atoms with Gasteiger partial charge in [0.25, 0.3) is 5.89 Å². The fraction of sp³-hybridized carbons (Fsp3) is 0.111. The molecule has 0 bridgehead atoms. The molecule has 0 aliphatic rings. The van der Waals surface area contributed by atoms with Crippen LogP contribution >= 0.6 is 0 Å². The van der Waals surface area contributed by atoms with E-state index in [2.05, 4.69) is 14.7 Å². The Balaban J connectivity index is 2.66. The van der Waals surface area contributed by atoms with Crippen molar-refractivity contribution in [1.82, 2.24) is 10.1 Å². The van der Waals surface area contributed by atoms with E-state index in [9.17, 15) is 17.6 Å². The highest BCUT2D eigenvalue weighted by Gasteiger charge is 2.22. The molecule has 0 unspecified atom stereocenters. The second kappa shape index (κ2) is 3.58. The van der Waals surface area contributed by atoms with Crippen LogP contribution < -0.4 is 0 Å². The zero-order chi connectivity index (χ0) is 11.9. The van der Waals surface area contributed by atoms with Gasteiger partial charge in [0, 0.05) is 0 Å². The molecule has 2 rings (SSSR count). The average molecular weight is 232 g/mol. The molecule has 84 valence electrons. The van der Waals surface area contributed by atoms with Gasteiger partial charge in [-0.2, -0.15) is 4.98 Å². The lowest BCUT2D eigenvalue weighted by molar-refractivity contribution is 0.399. The van der Waals surface area contributed by atoms with Crippen molar-refractivity contribution in [1.29, 1.82) is 0 Å². The highest BCUT2D eigenvalue weighted by atomic mass is 19.2. The predicted molar refractivity (Wildman–Crippen MR) is 44.3 cm³/mol. The first-order valence-electron chi connectivity index (χ1n) is 4.14. The van der Waals surface area contributed by atoms with Crippen molar-refractivity contribution < 1.29 is 22.1 Å². The van der Waals surface area contributed by atoms with Crippen molar-refractivity contribution in [3.63, 3.8) is 0 Å². The molecular weight excluding hydrogens is 228 g/mol. The number of nitrogens with zero attached hydrogens (tertiary/aromatic N) is 2. The van der Waals surface area contributed by atoms with E-state index in [1.54, 1.807) is 0 Å². The highest BCUT2D eigenvalue weighted by molar-refractivity contribution is 5.54. The summed E-state index contributed by atoms with van der Waals surface area (Å²) in [6, 6.07) is 0.459. The van der Waals surface area contributed by atoms with Crippen molar-refractivity contribution in [2.75, 3.05) is 0 Å². The van der Waals surface area contributed by atoms with Gasteiger partial charge in [-0.1, -0.05) is 5.16 Å². The van der Waals surface area contributed by atoms with E-state index >= 15 is 0 Å². The van der Waals surface area contributed by atoms with E-state index in [1.165, 1.54) is 6.92 Å². The van der Waals surface area contributed by atoms with Gasteiger partial charge in [0.1, 0.15) is 0 Å². The Labute approximate surface area is 86.7 Å². The molecule has 0 saturated heterocycles. The van der Waals surface area contributed by atoms with Crippen LogP contribution in [0, 0.1) is 30.2 Å². The standard InChI is InChI=1S/C9H4F4N2O/c1-3-14-9(16-15-3)4-2-5(10)7(12)8(13)6(4)11/h2H,1H3. The van der Waals surface area contributed by atoms with Crippen LogP contribution in [-0.4, -0.2) is 10.1 Å². The number of aromatic nitrogens is 2. The Morgan fingerprint density at radius 3 is 2.31 bits per heavy atom. The summed E-state index contributed by atoms with van der Waals surface area (Å²) in [5, 5.41) is 3.32. The third-order valence-corrected chi connectivity index (χ3v) is 1.86. The molecule has 0 aliphatic carbocycles. The summed E-state index contributed by atoms with van der Waals surface area (Å²) in [5.74, 6) is -7.12. The SMILES string of the molecule is Cc1noc(-c2cc(F)c(F)c(F)c2F)n1. The summed E-state index contributed by atoms with van der Waals surface area (Å²) in [6.07, 6.45) is 0. The summed E-state index contributed by atoms with van der Waals surface area (Å²) in [4.78, 5) is 3.58. The minimum absolute atomic E-state index is 0.166. The number of halogens is 4. The molecule has 0 aliphatic heterocycles. The molecule has 0 fully saturated rings. The summed E-state index contributed by atoms with van der Waals surface area (Å²) >= 11 is 0. The summed E-state index contributed by atoms with van der Waals surface area (Å²) in [5.41, 5.74) is -0.614. The molecule has 1 aromatic heterocycles. The number of benzene rings is 1. The van der Waals surface area contributed by atoms with Crippen LogP contribution in [-0.2, 0) is 0 Å². The molecule has 2 aromatic rings. The van der Waals surface area contributed by atoms with Crippen LogP contribution in [0.5, 0.6) is 0 Å². The highest BCUT2D eigenvalue weighted by Crippen LogP contribution is 2.26. The van der Waals surface area contributed by atoms with Crippen LogP contribution in [0.25, 0.3) is 11.5 Å². The Kier molecular flexibility index (Phi) is 2.37. The van der Waals surface area contributed by atoms with Gasteiger partial charge >= 0.3 is 0 Å². The topological polar surface area (TPSA) is 38.9 Å². The maximum Gasteiger partial charge on any atom is 0.261 e. The van der Waals surface area contributed by atoms with Crippen molar-refractivity contribution in [3.05, 3.63) is 35.2 Å². The fourth-order valence-electron chi connectivity index (χ4n) is 1.13. The molecular formula is C9H4F4N2O. The van der Waals surface area contributed by atoms with Crippen LogP contribution in [0.1, 0.15) is 5.82 Å². The first kappa shape index (κ1) is 10.6. The largest absolute Gasteiger partial charge is 0.334 e. The number of hydrogen-bond acceptors (Lipinski definition) is 3. The van der Waals surface area contributed by atoms with E-state index in [1.807, 2.05) is 0 Å². The van der Waals surface area contributed by atoms with Crippen LogP contribution in [0.15, 0.2) is 10.6 Å². The molecule has 1 aromatic carbocycles. The summed E-state index contributed by atoms with van der Waals surface area (Å²) in [7, 11) is 0. The van der Waals surface area contributed by atoms with Crippen molar-refractivity contribution >= 4 is 0 Å². The molecule has 3 nitrogen and oxygen atoms in total. The van der Waals surface area contributed by atoms with Gasteiger partial charge in [-0.05, 0) is 13.0 Å². The smallest absolute Gasteiger partial charge is 0.261 e. The molecule has 0 radical (unpaired) electrons. The average Bonchev–Trinajstić information content (AvgIpc) is 2.67. The van der Waals surface area contributed by atoms with Crippen LogP contribution in [0.3, 0.4) is 0 Å². The van der Waals surface area contributed by atoms with Gasteiger partial charge in [-0.25, -0.2) is 17.6 Å². The normalized spacial score (nSPS) is 10.8. The van der Waals surface area contributed by atoms with Gasteiger partial charge in [-0.15, -0.1) is 0 Å². The molecule has 1 heterocycles. The van der Waals surface area contributed by atoms with Gasteiger partial charge < -0.3 is 4.52 Å². The summed E-state index contributed by atoms with van der Waals surface area (Å²) < 4.78 is 56.1. The summed E-state index contributed by atoms with van der Waals surface area (Å²) in [6.45, 7) is 1.45. The van der Waals surface area contributed by atoms with E-state index in [-0.39, 0.29) is 5.82 Å². The number of rotatable bonds is 1. The van der Waals surface area contributed by atoms with Gasteiger partial charge in [0.15, 0.2) is 29.1 Å². The first-order valence-corrected chi connectivity index (χ1v) is 4.14. The maximum atomic E-state index is 13.2. The van der Waals surface area contributed by atoms with E-state index in [4.69, 9.17) is 0 Å². The molecule has 0 atom stereocenters. The monoisotopic (exact) mass is 232 g/mol. The van der Waals surface area contributed by atoms with E-state index in [0.717, 1.165) is 0 Å². The molecule has 0 saturated carbocycles. The number of hydrogen-bond donors (Lipinski definition) is 0. The lowest BCUT2D eigenvalue weighted by Crippen LogP contribution is -1.98. The zero-order valence-electron chi connectivity index (χ0n) is 7.89. The quantitative estimate of drug-likeness (QED) is 0.431. The van der Waals surface area contributed by atoms with Crippen molar-refractivity contribution in [2.24, 2.45) is 0 Å². The second-order valence-corrected chi connectivity index (χ2v) is 2.99. The van der Waals surface area contributed by atoms with E-state index < -0.39 is 34.7 Å². The van der Waals surface area contributed by atoms with Crippen LogP contribution in [0.4, 0.5) is 17.6 Å². The predicted octanol–water partition coefficient (Wildman–Crippen LogP) is 2.60. The molecule has 16 heavy (non-hydrogen) atoms. The number of aryl methyl sites for hydroxylation is 1. The Morgan fingerprint density at radius 1 is 1.06 bits per heavy atom. The van der Waals surface area contributed by atoms with Crippen molar-refractivity contribution in [2.45, 2.75) is 6.92 Å². The molecule has 7 heteroatoms. The first-order chi connectivity index (χ1) is 7.50. The van der Waals surface area contributed by atoms with Crippen molar-refractivity contribution in [3.8, 4) is 11.5 Å². The second-order valence-electron chi connectivity index (χ2n) is 2.99. The Morgan fingerprint density at radius 2 is 1.75 bits per heavy atom. The zero-order valence-corrected chi connectivity index (χ0v) is 7.89. The Bertz CT molecular complexity index is 553. The molecule has 0 amide bonds. The van der Waals surface area contributed by atoms with Gasteiger partial charge in [-0.3, -0.25) is 0 Å². The van der Waals surface area contributed by atoms with Gasteiger partial charge in [0.05, 0.1) is 5.56 Å². The lowest BCUT2D eigenvalue weighted by atomic mass is 10.2.